The second kappa shape index (κ2) is 45.6. The largest absolute Gasteiger partial charge is 0.756 e. The number of carbonyl (C=O) groups excluding carboxylic acids is 1. The van der Waals surface area contributed by atoms with Gasteiger partial charge in [-0.05, 0) is 12.8 Å². The molecule has 0 aromatic rings. The first kappa shape index (κ1) is 61.5. The minimum Gasteiger partial charge on any atom is -0.756 e. The molecule has 0 fully saturated rings. The van der Waals surface area contributed by atoms with E-state index in [1.54, 1.807) is 0 Å². The van der Waals surface area contributed by atoms with E-state index in [1.807, 2.05) is 21.1 Å². The van der Waals surface area contributed by atoms with Crippen molar-refractivity contribution in [1.82, 2.24) is 5.32 Å². The lowest BCUT2D eigenvalue weighted by atomic mass is 10.0. The van der Waals surface area contributed by atoms with E-state index in [9.17, 15) is 19.4 Å². The van der Waals surface area contributed by atoms with Gasteiger partial charge in [-0.2, -0.15) is 0 Å². The van der Waals surface area contributed by atoms with E-state index in [-0.39, 0.29) is 19.1 Å². The number of quaternary nitrogens is 1. The fourth-order valence-corrected chi connectivity index (χ4v) is 9.24. The molecule has 372 valence electrons. The maximum absolute atomic E-state index is 12.8. The molecular weight excluding hydrogens is 792 g/mol. The summed E-state index contributed by atoms with van der Waals surface area (Å²) >= 11 is 0. The van der Waals surface area contributed by atoms with Crippen molar-refractivity contribution in [1.29, 1.82) is 0 Å². The van der Waals surface area contributed by atoms with Gasteiger partial charge in [-0.15, -0.1) is 0 Å². The predicted octanol–water partition coefficient (Wildman–Crippen LogP) is 15.5. The number of rotatable bonds is 51. The minimum absolute atomic E-state index is 0.0152. The molecule has 0 spiro atoms. The molecule has 0 aromatic carbocycles. The molecule has 2 N–H and O–H groups in total. The third-order valence-electron chi connectivity index (χ3n) is 12.8. The highest BCUT2D eigenvalue weighted by Crippen LogP contribution is 2.38. The molecule has 0 aliphatic carbocycles. The van der Waals surface area contributed by atoms with Gasteiger partial charge in [0, 0.05) is 6.42 Å². The van der Waals surface area contributed by atoms with Crippen LogP contribution in [0.1, 0.15) is 284 Å². The number of phosphoric ester groups is 1. The van der Waals surface area contributed by atoms with Crippen molar-refractivity contribution in [2.45, 2.75) is 296 Å². The summed E-state index contributed by atoms with van der Waals surface area (Å²) in [6.07, 6.45) is 53.4. The molecule has 62 heavy (non-hydrogen) atoms. The number of aliphatic hydroxyl groups is 1. The quantitative estimate of drug-likeness (QED) is 0.0358. The van der Waals surface area contributed by atoms with E-state index >= 15 is 0 Å². The van der Waals surface area contributed by atoms with Gasteiger partial charge in [-0.25, -0.2) is 0 Å². The van der Waals surface area contributed by atoms with Crippen LogP contribution in [0.4, 0.5) is 0 Å². The van der Waals surface area contributed by atoms with Crippen LogP contribution in [0, 0.1) is 0 Å². The molecule has 0 rings (SSSR count). The zero-order chi connectivity index (χ0) is 45.7. The van der Waals surface area contributed by atoms with Crippen molar-refractivity contribution < 1.29 is 32.9 Å². The highest BCUT2D eigenvalue weighted by molar-refractivity contribution is 7.45. The van der Waals surface area contributed by atoms with Crippen LogP contribution in [0.15, 0.2) is 0 Å². The zero-order valence-corrected chi connectivity index (χ0v) is 43.3. The van der Waals surface area contributed by atoms with Crippen LogP contribution in [0.3, 0.4) is 0 Å². The molecular formula is C53H109N2O6P. The van der Waals surface area contributed by atoms with Crippen LogP contribution in [0.25, 0.3) is 0 Å². The number of likely N-dealkylation sites (N-methyl/N-ethyl adjacent to an activating group) is 1. The van der Waals surface area contributed by atoms with Crippen molar-refractivity contribution in [2.24, 2.45) is 0 Å². The molecule has 0 radical (unpaired) electrons. The molecule has 0 saturated carbocycles. The number of carbonyl (C=O) groups is 1. The Hall–Kier alpha value is -0.500. The average molecular weight is 901 g/mol. The van der Waals surface area contributed by atoms with Crippen molar-refractivity contribution in [3.8, 4) is 0 Å². The van der Waals surface area contributed by atoms with Gasteiger partial charge in [0.25, 0.3) is 7.82 Å². The Morgan fingerprint density at radius 1 is 0.500 bits per heavy atom. The Balaban J connectivity index is 3.73. The molecule has 0 aromatic heterocycles. The van der Waals surface area contributed by atoms with Crippen LogP contribution in [-0.4, -0.2) is 68.5 Å². The van der Waals surface area contributed by atoms with E-state index in [2.05, 4.69) is 19.2 Å². The Morgan fingerprint density at radius 2 is 0.790 bits per heavy atom. The third kappa shape index (κ3) is 47.5. The summed E-state index contributed by atoms with van der Waals surface area (Å²) in [6.45, 7) is 4.68. The lowest BCUT2D eigenvalue weighted by Crippen LogP contribution is -2.46. The number of phosphoric acid groups is 1. The van der Waals surface area contributed by atoms with Crippen molar-refractivity contribution >= 4 is 13.7 Å². The topological polar surface area (TPSA) is 108 Å². The summed E-state index contributed by atoms with van der Waals surface area (Å²) in [6, 6.07) is -0.791. The lowest BCUT2D eigenvalue weighted by Gasteiger charge is -2.30. The Morgan fingerprint density at radius 3 is 1.10 bits per heavy atom. The minimum atomic E-state index is -4.55. The molecule has 0 saturated heterocycles. The fourth-order valence-electron chi connectivity index (χ4n) is 8.51. The molecule has 1 amide bonds. The van der Waals surface area contributed by atoms with Crippen molar-refractivity contribution in [2.75, 3.05) is 40.9 Å². The first-order valence-electron chi connectivity index (χ1n) is 27.4. The zero-order valence-electron chi connectivity index (χ0n) is 42.4. The molecule has 8 nitrogen and oxygen atoms in total. The third-order valence-corrected chi connectivity index (χ3v) is 13.8. The number of aliphatic hydroxyl groups excluding tert-OH is 1. The number of unbranched alkanes of at least 4 members (excludes halogenated alkanes) is 38. The summed E-state index contributed by atoms with van der Waals surface area (Å²) in [7, 11) is 1.32. The Bertz CT molecular complexity index is 978. The van der Waals surface area contributed by atoms with Gasteiger partial charge in [0.05, 0.1) is 39.9 Å². The maximum Gasteiger partial charge on any atom is 0.268 e. The number of amides is 1. The van der Waals surface area contributed by atoms with E-state index in [1.165, 1.54) is 218 Å². The van der Waals surface area contributed by atoms with Gasteiger partial charge in [0.2, 0.25) is 5.91 Å². The van der Waals surface area contributed by atoms with Crippen molar-refractivity contribution in [3.63, 3.8) is 0 Å². The van der Waals surface area contributed by atoms with Gasteiger partial charge in [-0.3, -0.25) is 9.36 Å². The Kier molecular flexibility index (Phi) is 45.3. The molecule has 3 atom stereocenters. The highest BCUT2D eigenvalue weighted by atomic mass is 31.2. The van der Waals surface area contributed by atoms with E-state index < -0.39 is 20.0 Å². The van der Waals surface area contributed by atoms with Crippen LogP contribution >= 0.6 is 7.82 Å². The standard InChI is InChI=1S/C53H109N2O6P/c1-6-8-10-12-14-15-16-17-18-19-20-21-22-23-24-25-26-27-28-29-30-31-32-33-34-35-36-37-38-39-40-41-43-45-47-53(57)54-51(52(56)46-44-42-13-11-9-7-2)50-61-62(58,59)60-49-48-55(3,4)5/h51-52,56H,6-50H2,1-5H3,(H-,54,57,58,59). The van der Waals surface area contributed by atoms with E-state index in [0.29, 0.717) is 23.9 Å². The maximum atomic E-state index is 12.8. The lowest BCUT2D eigenvalue weighted by molar-refractivity contribution is -0.870. The smallest absolute Gasteiger partial charge is 0.268 e. The monoisotopic (exact) mass is 901 g/mol. The summed E-state index contributed by atoms with van der Waals surface area (Å²) in [4.78, 5) is 25.2. The summed E-state index contributed by atoms with van der Waals surface area (Å²) in [5, 5.41) is 13.8. The molecule has 0 heterocycles. The van der Waals surface area contributed by atoms with Gasteiger partial charge >= 0.3 is 0 Å². The first-order chi connectivity index (χ1) is 30.0. The SMILES string of the molecule is CCCCCCCCCCCCCCCCCCCCCCCCCCCCCCCCCCCCC(=O)NC(COP(=O)([O-])OCC[N+](C)(C)C)C(O)CCCCCCCC. The number of nitrogens with one attached hydrogen (secondary N) is 1. The van der Waals surface area contributed by atoms with Gasteiger partial charge < -0.3 is 28.8 Å². The molecule has 0 aliphatic heterocycles. The number of nitrogens with zero attached hydrogens (tertiary/aromatic N) is 1. The predicted molar refractivity (Wildman–Crippen MR) is 266 cm³/mol. The van der Waals surface area contributed by atoms with Gasteiger partial charge in [0.15, 0.2) is 0 Å². The second-order valence-electron chi connectivity index (χ2n) is 20.3. The molecule has 0 bridgehead atoms. The van der Waals surface area contributed by atoms with Crippen LogP contribution < -0.4 is 10.2 Å². The van der Waals surface area contributed by atoms with Crippen LogP contribution in [-0.2, 0) is 18.4 Å². The van der Waals surface area contributed by atoms with Gasteiger partial charge in [0.1, 0.15) is 13.2 Å². The Labute approximate surface area is 387 Å². The van der Waals surface area contributed by atoms with Crippen LogP contribution in [0.2, 0.25) is 0 Å². The average Bonchev–Trinajstić information content (AvgIpc) is 3.23. The number of hydrogen-bond donors (Lipinski definition) is 2. The van der Waals surface area contributed by atoms with E-state index in [0.717, 1.165) is 38.5 Å². The molecule has 0 aliphatic rings. The molecule has 3 unspecified atom stereocenters. The van der Waals surface area contributed by atoms with Crippen LogP contribution in [0.5, 0.6) is 0 Å². The molecule has 9 heteroatoms. The van der Waals surface area contributed by atoms with Gasteiger partial charge in [-0.1, -0.05) is 264 Å². The summed E-state index contributed by atoms with van der Waals surface area (Å²) in [5.41, 5.74) is 0. The first-order valence-corrected chi connectivity index (χ1v) is 28.8. The summed E-state index contributed by atoms with van der Waals surface area (Å²) in [5.74, 6) is -0.164. The van der Waals surface area contributed by atoms with E-state index in [4.69, 9.17) is 9.05 Å². The van der Waals surface area contributed by atoms with Crippen molar-refractivity contribution in [3.05, 3.63) is 0 Å². The fraction of sp³-hybridized carbons (Fsp3) is 0.981. The normalized spacial score (nSPS) is 14.0. The highest BCUT2D eigenvalue weighted by Gasteiger charge is 2.24. The second-order valence-corrected chi connectivity index (χ2v) is 21.7. The summed E-state index contributed by atoms with van der Waals surface area (Å²) < 4.78 is 23.2. The number of hydrogen-bond acceptors (Lipinski definition) is 6.